The molecule has 0 radical (unpaired) electrons. The number of H-pyrrole nitrogens is 1. The maximum atomic E-state index is 13.1. The summed E-state index contributed by atoms with van der Waals surface area (Å²) in [4.78, 5) is 32.7. The molecule has 0 bridgehead atoms. The van der Waals surface area contributed by atoms with Crippen LogP contribution < -0.4 is 10.2 Å². The van der Waals surface area contributed by atoms with E-state index in [1.54, 1.807) is 33.9 Å². The third-order valence-corrected chi connectivity index (χ3v) is 7.75. The SMILES string of the molecule is Cc1nc(C(=O)N[C@H]2CSc3c(sc(C#CC(C)(O)c4cc(C)on4)c3C)N(C)C2=O)n[nH]1. The minimum atomic E-state index is -1.48. The molecule has 4 heterocycles. The van der Waals surface area contributed by atoms with Gasteiger partial charge in [0.1, 0.15) is 28.3 Å². The lowest BCUT2D eigenvalue weighted by Gasteiger charge is -2.19. The van der Waals surface area contributed by atoms with E-state index in [0.717, 1.165) is 20.3 Å². The number of nitrogens with zero attached hydrogens (tertiary/aromatic N) is 4. The lowest BCUT2D eigenvalue weighted by molar-refractivity contribution is -0.119. The summed E-state index contributed by atoms with van der Waals surface area (Å²) in [5, 5.41) is 24.5. The van der Waals surface area contributed by atoms with Gasteiger partial charge in [0.25, 0.3) is 11.8 Å². The van der Waals surface area contributed by atoms with E-state index in [1.165, 1.54) is 28.0 Å². The van der Waals surface area contributed by atoms with Crippen molar-refractivity contribution < 1.29 is 19.2 Å². The second kappa shape index (κ2) is 8.66. The third-order valence-electron chi connectivity index (χ3n) is 5.05. The van der Waals surface area contributed by atoms with Gasteiger partial charge in [-0.25, -0.2) is 4.98 Å². The summed E-state index contributed by atoms with van der Waals surface area (Å²) in [5.74, 6) is 6.59. The van der Waals surface area contributed by atoms with Crippen LogP contribution in [-0.2, 0) is 10.4 Å². The number of thioether (sulfide) groups is 1. The van der Waals surface area contributed by atoms with Crippen LogP contribution in [0.3, 0.4) is 0 Å². The highest BCUT2D eigenvalue weighted by molar-refractivity contribution is 7.99. The highest BCUT2D eigenvalue weighted by Crippen LogP contribution is 2.44. The van der Waals surface area contributed by atoms with Gasteiger partial charge in [-0.1, -0.05) is 17.0 Å². The fraction of sp³-hybridized carbons (Fsp3) is 0.381. The van der Waals surface area contributed by atoms with Gasteiger partial charge < -0.3 is 19.8 Å². The Bertz CT molecular complexity index is 1300. The first kappa shape index (κ1) is 23.0. The van der Waals surface area contributed by atoms with E-state index >= 15 is 0 Å². The molecular weight excluding hydrogens is 464 g/mol. The Labute approximate surface area is 198 Å². The van der Waals surface area contributed by atoms with Gasteiger partial charge in [0.2, 0.25) is 5.82 Å². The van der Waals surface area contributed by atoms with Crippen LogP contribution in [0.2, 0.25) is 0 Å². The molecule has 0 fully saturated rings. The van der Waals surface area contributed by atoms with Crippen molar-refractivity contribution in [3.8, 4) is 11.8 Å². The number of fused-ring (bicyclic) bond motifs is 1. The molecule has 3 N–H and O–H groups in total. The number of likely N-dealkylation sites (N-methyl/N-ethyl adjacent to an activating group) is 1. The van der Waals surface area contributed by atoms with E-state index < -0.39 is 17.6 Å². The zero-order valence-corrected chi connectivity index (χ0v) is 20.3. The average molecular weight is 487 g/mol. The van der Waals surface area contributed by atoms with Crippen molar-refractivity contribution in [2.45, 2.75) is 44.2 Å². The summed E-state index contributed by atoms with van der Waals surface area (Å²) in [6.07, 6.45) is 0. The molecule has 0 spiro atoms. The number of hydrogen-bond acceptors (Lipinski definition) is 9. The minimum Gasteiger partial charge on any atom is -0.372 e. The fourth-order valence-electron chi connectivity index (χ4n) is 3.17. The summed E-state index contributed by atoms with van der Waals surface area (Å²) < 4.78 is 5.04. The molecule has 2 atom stereocenters. The molecule has 3 aromatic heterocycles. The molecule has 12 heteroatoms. The Hall–Kier alpha value is -3.14. The molecule has 33 heavy (non-hydrogen) atoms. The van der Waals surface area contributed by atoms with Gasteiger partial charge in [-0.2, -0.15) is 0 Å². The summed E-state index contributed by atoms with van der Waals surface area (Å²) in [6.45, 7) is 6.91. The first-order valence-corrected chi connectivity index (χ1v) is 11.8. The molecule has 1 aliphatic rings. The molecule has 4 rings (SSSR count). The molecular formula is C21H22N6O4S2. The number of carbonyl (C=O) groups excluding carboxylic acids is 2. The number of nitrogens with one attached hydrogen (secondary N) is 2. The molecule has 172 valence electrons. The first-order chi connectivity index (χ1) is 15.6. The number of aromatic nitrogens is 4. The number of aryl methyl sites for hydroxylation is 2. The Morgan fingerprint density at radius 2 is 2.18 bits per heavy atom. The van der Waals surface area contributed by atoms with Crippen molar-refractivity contribution in [2.75, 3.05) is 17.7 Å². The lowest BCUT2D eigenvalue weighted by Crippen LogP contribution is -2.48. The Morgan fingerprint density at radius 3 is 2.82 bits per heavy atom. The van der Waals surface area contributed by atoms with Crippen molar-refractivity contribution in [3.63, 3.8) is 0 Å². The molecule has 0 aromatic carbocycles. The average Bonchev–Trinajstić information content (AvgIpc) is 3.46. The van der Waals surface area contributed by atoms with Gasteiger partial charge in [0.05, 0.1) is 4.88 Å². The van der Waals surface area contributed by atoms with Crippen molar-refractivity contribution in [1.82, 2.24) is 25.7 Å². The van der Waals surface area contributed by atoms with E-state index in [2.05, 4.69) is 37.5 Å². The van der Waals surface area contributed by atoms with Crippen molar-refractivity contribution in [2.24, 2.45) is 0 Å². The largest absolute Gasteiger partial charge is 0.372 e. The smallest absolute Gasteiger partial charge is 0.291 e. The van der Waals surface area contributed by atoms with Crippen molar-refractivity contribution in [3.05, 3.63) is 39.6 Å². The summed E-state index contributed by atoms with van der Waals surface area (Å²) in [7, 11) is 1.67. The minimum absolute atomic E-state index is 0.00456. The van der Waals surface area contributed by atoms with Gasteiger partial charge >= 0.3 is 0 Å². The summed E-state index contributed by atoms with van der Waals surface area (Å²) >= 11 is 2.84. The Kier molecular flexibility index (Phi) is 6.04. The Morgan fingerprint density at radius 1 is 1.42 bits per heavy atom. The maximum absolute atomic E-state index is 13.1. The molecule has 10 nitrogen and oxygen atoms in total. The topological polar surface area (TPSA) is 137 Å². The van der Waals surface area contributed by atoms with Crippen molar-refractivity contribution in [1.29, 1.82) is 0 Å². The molecule has 0 saturated heterocycles. The fourth-order valence-corrected chi connectivity index (χ4v) is 5.70. The highest BCUT2D eigenvalue weighted by atomic mass is 32.2. The highest BCUT2D eigenvalue weighted by Gasteiger charge is 2.33. The van der Waals surface area contributed by atoms with Crippen LogP contribution in [0, 0.1) is 32.6 Å². The number of hydrogen-bond donors (Lipinski definition) is 3. The van der Waals surface area contributed by atoms with Crippen LogP contribution in [0.5, 0.6) is 0 Å². The number of anilines is 1. The van der Waals surface area contributed by atoms with E-state index in [4.69, 9.17) is 4.52 Å². The van der Waals surface area contributed by atoms with Crippen LogP contribution in [0.4, 0.5) is 5.00 Å². The maximum Gasteiger partial charge on any atom is 0.291 e. The third kappa shape index (κ3) is 4.52. The van der Waals surface area contributed by atoms with Gasteiger partial charge in [0.15, 0.2) is 5.60 Å². The number of aromatic amines is 1. The number of carbonyl (C=O) groups is 2. The van der Waals surface area contributed by atoms with E-state index in [1.807, 2.05) is 6.92 Å². The molecule has 2 amide bonds. The molecule has 0 saturated carbocycles. The van der Waals surface area contributed by atoms with Crippen LogP contribution in [0.25, 0.3) is 0 Å². The predicted octanol–water partition coefficient (Wildman–Crippen LogP) is 1.91. The molecule has 1 aliphatic heterocycles. The number of aliphatic hydroxyl groups is 1. The zero-order chi connectivity index (χ0) is 23.9. The van der Waals surface area contributed by atoms with Gasteiger partial charge in [-0.05, 0) is 33.3 Å². The number of rotatable bonds is 3. The number of thiophene rings is 1. The van der Waals surface area contributed by atoms with Crippen LogP contribution in [0.1, 0.15) is 45.3 Å². The second-order valence-corrected chi connectivity index (χ2v) is 9.84. The lowest BCUT2D eigenvalue weighted by atomic mass is 10.0. The van der Waals surface area contributed by atoms with E-state index in [9.17, 15) is 14.7 Å². The van der Waals surface area contributed by atoms with Gasteiger partial charge in [0, 0.05) is 23.8 Å². The zero-order valence-electron chi connectivity index (χ0n) is 18.6. The van der Waals surface area contributed by atoms with Crippen LogP contribution >= 0.6 is 23.1 Å². The quantitative estimate of drug-likeness (QED) is 0.478. The normalized spacial score (nSPS) is 17.6. The van der Waals surface area contributed by atoms with Crippen molar-refractivity contribution >= 4 is 39.9 Å². The summed E-state index contributed by atoms with van der Waals surface area (Å²) in [5.41, 5.74) is -0.227. The molecule has 1 unspecified atom stereocenters. The van der Waals surface area contributed by atoms with Gasteiger partial charge in [-0.3, -0.25) is 14.7 Å². The van der Waals surface area contributed by atoms with E-state index in [0.29, 0.717) is 23.0 Å². The second-order valence-electron chi connectivity index (χ2n) is 7.81. The van der Waals surface area contributed by atoms with E-state index in [-0.39, 0.29) is 11.7 Å². The predicted molar refractivity (Wildman–Crippen MR) is 123 cm³/mol. The summed E-state index contributed by atoms with van der Waals surface area (Å²) in [6, 6.07) is 0.915. The standard InChI is InChI=1S/C21H22N6O4S2/c1-10-8-15(26-31-10)21(4,30)7-6-14-11(2)16-20(33-14)27(5)19(29)13(9-32-16)23-18(28)17-22-12(3)24-25-17/h8,13,30H,9H2,1-5H3,(H,23,28)(H,22,24,25)/t13-,21?/m0/s1. The van der Waals surface area contributed by atoms with Crippen LogP contribution in [-0.4, -0.2) is 56.1 Å². The molecule has 0 aliphatic carbocycles. The van der Waals surface area contributed by atoms with Crippen LogP contribution in [0.15, 0.2) is 15.5 Å². The Balaban J connectivity index is 1.55. The monoisotopic (exact) mass is 486 g/mol. The number of amides is 2. The first-order valence-electron chi connectivity index (χ1n) is 10.00. The van der Waals surface area contributed by atoms with Gasteiger partial charge in [-0.15, -0.1) is 28.2 Å². The molecule has 3 aromatic rings.